The lowest BCUT2D eigenvalue weighted by Gasteiger charge is -2.18. The highest BCUT2D eigenvalue weighted by Crippen LogP contribution is 2.29. The smallest absolute Gasteiger partial charge is 0.350 e. The number of guanidine groups is 1. The number of aliphatic imine (C=N–C) groups is 1. The summed E-state index contributed by atoms with van der Waals surface area (Å²) in [6, 6.07) is 3.12. The van der Waals surface area contributed by atoms with Gasteiger partial charge in [-0.3, -0.25) is 4.99 Å². The third kappa shape index (κ3) is 6.04. The number of hydrogen-bond donors (Lipinski definition) is 2. The third-order valence-electron chi connectivity index (χ3n) is 3.27. The first-order valence-corrected chi connectivity index (χ1v) is 8.02. The zero-order valence-electron chi connectivity index (χ0n) is 13.7. The molecule has 0 bridgehead atoms. The van der Waals surface area contributed by atoms with Gasteiger partial charge in [0.1, 0.15) is 5.01 Å². The van der Waals surface area contributed by atoms with E-state index < -0.39 is 29.5 Å². The fourth-order valence-electron chi connectivity index (χ4n) is 1.95. The Morgan fingerprint density at radius 1 is 1.27 bits per heavy atom. The summed E-state index contributed by atoms with van der Waals surface area (Å²) in [6.07, 6.45) is -4.48. The van der Waals surface area contributed by atoms with Crippen LogP contribution in [-0.4, -0.2) is 18.0 Å². The van der Waals surface area contributed by atoms with Crippen LogP contribution in [0.1, 0.15) is 29.2 Å². The molecule has 0 fully saturated rings. The molecule has 0 saturated carbocycles. The molecular formula is C15H16F5IN4S. The zero-order valence-corrected chi connectivity index (χ0v) is 16.8. The lowest BCUT2D eigenvalue weighted by atomic mass is 10.1. The molecule has 0 radical (unpaired) electrons. The summed E-state index contributed by atoms with van der Waals surface area (Å²) in [4.78, 5) is 7.45. The molecule has 2 rings (SSSR count). The van der Waals surface area contributed by atoms with Crippen LogP contribution < -0.4 is 10.6 Å². The van der Waals surface area contributed by atoms with Gasteiger partial charge >= 0.3 is 6.18 Å². The lowest BCUT2D eigenvalue weighted by Crippen LogP contribution is -2.38. The van der Waals surface area contributed by atoms with Gasteiger partial charge in [-0.05, 0) is 24.6 Å². The van der Waals surface area contributed by atoms with E-state index in [9.17, 15) is 22.0 Å². The van der Waals surface area contributed by atoms with Crippen molar-refractivity contribution in [2.45, 2.75) is 25.7 Å². The number of alkyl halides is 3. The molecule has 1 atom stereocenters. The van der Waals surface area contributed by atoms with Gasteiger partial charge in [-0.1, -0.05) is 6.07 Å². The Labute approximate surface area is 168 Å². The maximum atomic E-state index is 13.3. The number of benzene rings is 1. The molecule has 26 heavy (non-hydrogen) atoms. The van der Waals surface area contributed by atoms with E-state index in [0.717, 1.165) is 28.8 Å². The average Bonchev–Trinajstić information content (AvgIpc) is 3.03. The van der Waals surface area contributed by atoms with Gasteiger partial charge in [0.25, 0.3) is 0 Å². The second-order valence-electron chi connectivity index (χ2n) is 5.09. The fraction of sp³-hybridized carbons (Fsp3) is 0.333. The van der Waals surface area contributed by atoms with Gasteiger partial charge in [0.15, 0.2) is 23.3 Å². The Hall–Kier alpha value is -1.50. The van der Waals surface area contributed by atoms with Crippen LogP contribution in [0.2, 0.25) is 0 Å². The second-order valence-corrected chi connectivity index (χ2v) is 6.03. The first-order valence-electron chi connectivity index (χ1n) is 7.14. The van der Waals surface area contributed by atoms with E-state index in [1.165, 1.54) is 13.1 Å². The molecule has 2 aromatic rings. The minimum absolute atomic E-state index is 0. The predicted octanol–water partition coefficient (Wildman–Crippen LogP) is 4.48. The fourth-order valence-corrected chi connectivity index (χ4v) is 2.69. The lowest BCUT2D eigenvalue weighted by molar-refractivity contribution is -0.140. The molecule has 11 heteroatoms. The second kappa shape index (κ2) is 9.44. The van der Waals surface area contributed by atoms with Crippen molar-refractivity contribution in [1.29, 1.82) is 0 Å². The molecule has 1 unspecified atom stereocenters. The SMILES string of the molecule is CN=C(NCc1nc(C(F)(F)F)cs1)NC(C)c1ccc(F)c(F)c1.I. The number of nitrogens with one attached hydrogen (secondary N) is 2. The number of halogens is 6. The normalized spacial score (nSPS) is 13.1. The van der Waals surface area contributed by atoms with Crippen LogP contribution in [-0.2, 0) is 12.7 Å². The summed E-state index contributed by atoms with van der Waals surface area (Å²) in [6.45, 7) is 1.76. The number of thiazole rings is 1. The molecule has 0 amide bonds. The van der Waals surface area contributed by atoms with Crippen LogP contribution >= 0.6 is 35.3 Å². The van der Waals surface area contributed by atoms with Crippen LogP contribution in [0.25, 0.3) is 0 Å². The van der Waals surface area contributed by atoms with Crippen LogP contribution in [0.5, 0.6) is 0 Å². The molecule has 0 saturated heterocycles. The van der Waals surface area contributed by atoms with Crippen LogP contribution in [0, 0.1) is 11.6 Å². The zero-order chi connectivity index (χ0) is 18.6. The predicted molar refractivity (Wildman–Crippen MR) is 101 cm³/mol. The minimum Gasteiger partial charge on any atom is -0.350 e. The van der Waals surface area contributed by atoms with Gasteiger partial charge in [-0.25, -0.2) is 13.8 Å². The molecule has 4 nitrogen and oxygen atoms in total. The van der Waals surface area contributed by atoms with Gasteiger partial charge in [0, 0.05) is 12.4 Å². The highest BCUT2D eigenvalue weighted by Gasteiger charge is 2.33. The van der Waals surface area contributed by atoms with E-state index in [2.05, 4.69) is 20.6 Å². The van der Waals surface area contributed by atoms with Crippen LogP contribution in [0.15, 0.2) is 28.6 Å². The summed E-state index contributed by atoms with van der Waals surface area (Å²) in [7, 11) is 1.48. The van der Waals surface area contributed by atoms with Crippen LogP contribution in [0.3, 0.4) is 0 Å². The Morgan fingerprint density at radius 3 is 2.50 bits per heavy atom. The summed E-state index contributed by atoms with van der Waals surface area (Å²) < 4.78 is 63.8. The molecule has 0 aliphatic heterocycles. The van der Waals surface area contributed by atoms with E-state index in [1.54, 1.807) is 6.92 Å². The quantitative estimate of drug-likeness (QED) is 0.278. The molecule has 1 aromatic heterocycles. The first-order chi connectivity index (χ1) is 11.7. The highest BCUT2D eigenvalue weighted by molar-refractivity contribution is 14.0. The van der Waals surface area contributed by atoms with Crippen LogP contribution in [0.4, 0.5) is 22.0 Å². The van der Waals surface area contributed by atoms with E-state index >= 15 is 0 Å². The molecule has 1 aromatic carbocycles. The summed E-state index contributed by atoms with van der Waals surface area (Å²) in [5, 5.41) is 6.96. The maximum absolute atomic E-state index is 13.3. The van der Waals surface area contributed by atoms with Crippen molar-refractivity contribution in [2.75, 3.05) is 7.05 Å². The topological polar surface area (TPSA) is 49.3 Å². The van der Waals surface area contributed by atoms with E-state index in [4.69, 9.17) is 0 Å². The summed E-state index contributed by atoms with van der Waals surface area (Å²) in [5.74, 6) is -1.61. The van der Waals surface area contributed by atoms with Gasteiger partial charge in [0.05, 0.1) is 12.6 Å². The molecule has 2 N–H and O–H groups in total. The largest absolute Gasteiger partial charge is 0.434 e. The van der Waals surface area contributed by atoms with Crippen molar-refractivity contribution in [3.63, 3.8) is 0 Å². The van der Waals surface area contributed by atoms with Gasteiger partial charge in [0.2, 0.25) is 0 Å². The Morgan fingerprint density at radius 2 is 1.96 bits per heavy atom. The van der Waals surface area contributed by atoms with E-state index in [0.29, 0.717) is 11.5 Å². The third-order valence-corrected chi connectivity index (χ3v) is 4.12. The molecule has 0 spiro atoms. The first kappa shape index (κ1) is 22.5. The van der Waals surface area contributed by atoms with E-state index in [1.807, 2.05) is 0 Å². The molecule has 0 aliphatic carbocycles. The number of nitrogens with zero attached hydrogens (tertiary/aromatic N) is 2. The monoisotopic (exact) mass is 506 g/mol. The highest BCUT2D eigenvalue weighted by atomic mass is 127. The Kier molecular flexibility index (Phi) is 8.18. The van der Waals surface area contributed by atoms with Crippen molar-refractivity contribution in [2.24, 2.45) is 4.99 Å². The number of aromatic nitrogens is 1. The van der Waals surface area contributed by atoms with Crippen molar-refractivity contribution < 1.29 is 22.0 Å². The van der Waals surface area contributed by atoms with Crippen molar-refractivity contribution >= 4 is 41.3 Å². The molecular weight excluding hydrogens is 490 g/mol. The Balaban J connectivity index is 0.00000338. The minimum atomic E-state index is -4.48. The number of rotatable bonds is 4. The summed E-state index contributed by atoms with van der Waals surface area (Å²) in [5.41, 5.74) is -0.442. The molecule has 144 valence electrons. The van der Waals surface area contributed by atoms with E-state index in [-0.39, 0.29) is 35.5 Å². The maximum Gasteiger partial charge on any atom is 0.434 e. The Bertz CT molecular complexity index is 763. The van der Waals surface area contributed by atoms with Crippen molar-refractivity contribution in [3.05, 3.63) is 51.5 Å². The van der Waals surface area contributed by atoms with Crippen molar-refractivity contribution in [1.82, 2.24) is 15.6 Å². The van der Waals surface area contributed by atoms with Gasteiger partial charge in [-0.2, -0.15) is 13.2 Å². The number of hydrogen-bond acceptors (Lipinski definition) is 3. The molecule has 1 heterocycles. The molecule has 0 aliphatic rings. The summed E-state index contributed by atoms with van der Waals surface area (Å²) >= 11 is 0.880. The van der Waals surface area contributed by atoms with Gasteiger partial charge < -0.3 is 10.6 Å². The van der Waals surface area contributed by atoms with Crippen molar-refractivity contribution in [3.8, 4) is 0 Å². The standard InChI is InChI=1S/C15H15F5N4S.HI/c1-8(9-3-4-10(16)11(17)5-9)23-14(21-2)22-6-13-24-12(7-25-13)15(18,19)20;/h3-5,7-8H,6H2,1-2H3,(H2,21,22,23);1H. The average molecular weight is 506 g/mol. The van der Waals surface area contributed by atoms with Gasteiger partial charge in [-0.15, -0.1) is 35.3 Å².